The third-order valence-electron chi connectivity index (χ3n) is 8.30. The lowest BCUT2D eigenvalue weighted by Crippen LogP contribution is -2.44. The summed E-state index contributed by atoms with van der Waals surface area (Å²) in [6, 6.07) is 14.5. The van der Waals surface area contributed by atoms with Crippen LogP contribution in [0.25, 0.3) is 11.1 Å². The van der Waals surface area contributed by atoms with E-state index < -0.39 is 30.4 Å². The lowest BCUT2D eigenvalue weighted by atomic mass is 9.89. The van der Waals surface area contributed by atoms with Gasteiger partial charge in [-0.2, -0.15) is 0 Å². The summed E-state index contributed by atoms with van der Waals surface area (Å²) in [5, 5.41) is 14.9. The topological polar surface area (TPSA) is 114 Å². The van der Waals surface area contributed by atoms with Gasteiger partial charge in [0.25, 0.3) is 0 Å². The summed E-state index contributed by atoms with van der Waals surface area (Å²) >= 11 is 0. The van der Waals surface area contributed by atoms with Crippen LogP contribution < -0.4 is 15.4 Å². The van der Waals surface area contributed by atoms with Gasteiger partial charge in [-0.1, -0.05) is 48.5 Å². The van der Waals surface area contributed by atoms with Gasteiger partial charge in [-0.15, -0.1) is 0 Å². The molecule has 0 saturated carbocycles. The molecule has 3 aromatic rings. The molecule has 0 unspecified atom stereocenters. The van der Waals surface area contributed by atoms with Crippen LogP contribution in [0.5, 0.6) is 5.75 Å². The molecule has 1 atom stereocenters. The number of benzene rings is 3. The number of carbonyl (C=O) groups is 3. The number of hydrogen-bond acceptors (Lipinski definition) is 5. The van der Waals surface area contributed by atoms with Gasteiger partial charge in [0.15, 0.2) is 0 Å². The molecule has 1 heterocycles. The van der Waals surface area contributed by atoms with Crippen molar-refractivity contribution in [2.75, 3.05) is 6.61 Å². The average Bonchev–Trinajstić information content (AvgIpc) is 3.44. The third-order valence-corrected chi connectivity index (χ3v) is 8.30. The first-order chi connectivity index (χ1) is 19.5. The highest BCUT2D eigenvalue weighted by atomic mass is 16.5. The summed E-state index contributed by atoms with van der Waals surface area (Å²) in [5.41, 5.74) is 9.29. The largest absolute Gasteiger partial charge is 0.487 e. The number of fused-ring (bicyclic) bond motifs is 4. The Hall–Kier alpha value is -4.33. The van der Waals surface area contributed by atoms with Crippen LogP contribution in [-0.4, -0.2) is 41.3 Å². The zero-order valence-corrected chi connectivity index (χ0v) is 24.1. The Labute approximate surface area is 240 Å². The molecule has 1 aliphatic carbocycles. The minimum atomic E-state index is -1.43. The fourth-order valence-electron chi connectivity index (χ4n) is 6.04. The van der Waals surface area contributed by atoms with E-state index in [0.717, 1.165) is 62.2 Å². The van der Waals surface area contributed by atoms with Gasteiger partial charge in [0.1, 0.15) is 24.0 Å². The fourth-order valence-corrected chi connectivity index (χ4v) is 6.04. The lowest BCUT2D eigenvalue weighted by Gasteiger charge is -2.20. The normalized spacial score (nSPS) is 15.2. The van der Waals surface area contributed by atoms with Crippen LogP contribution in [-0.2, 0) is 27.3 Å². The Morgan fingerprint density at radius 3 is 2.20 bits per heavy atom. The smallest absolute Gasteiger partial charge is 0.407 e. The molecular weight excluding hydrogens is 520 g/mol. The first kappa shape index (κ1) is 28.2. The van der Waals surface area contributed by atoms with Crippen LogP contribution in [0.3, 0.4) is 0 Å². The van der Waals surface area contributed by atoms with Crippen molar-refractivity contribution in [2.24, 2.45) is 0 Å². The van der Waals surface area contributed by atoms with Crippen molar-refractivity contribution < 1.29 is 29.0 Å². The average molecular weight is 557 g/mol. The monoisotopic (exact) mass is 556 g/mol. The molecule has 41 heavy (non-hydrogen) atoms. The van der Waals surface area contributed by atoms with Gasteiger partial charge >= 0.3 is 12.1 Å². The number of carbonyl (C=O) groups excluding carboxylic acids is 2. The molecule has 2 aliphatic rings. The number of nitrogens with one attached hydrogen (secondary N) is 2. The number of aliphatic carboxylic acids is 1. The summed E-state index contributed by atoms with van der Waals surface area (Å²) in [4.78, 5) is 37.4. The van der Waals surface area contributed by atoms with E-state index >= 15 is 0 Å². The van der Waals surface area contributed by atoms with Gasteiger partial charge in [0.05, 0.1) is 6.42 Å². The highest BCUT2D eigenvalue weighted by Crippen LogP contribution is 2.45. The second-order valence-corrected chi connectivity index (χ2v) is 11.5. The second-order valence-electron chi connectivity index (χ2n) is 11.5. The van der Waals surface area contributed by atoms with E-state index in [9.17, 15) is 19.5 Å². The first-order valence-electron chi connectivity index (χ1n) is 13.9. The molecule has 3 N–H and O–H groups in total. The Kier molecular flexibility index (Phi) is 7.51. The summed E-state index contributed by atoms with van der Waals surface area (Å²) in [6.07, 6.45) is -0.519. The Bertz CT molecular complexity index is 1500. The maximum atomic E-state index is 12.8. The Balaban J connectivity index is 1.19. The van der Waals surface area contributed by atoms with Gasteiger partial charge in [0.2, 0.25) is 5.91 Å². The third kappa shape index (κ3) is 5.51. The molecule has 0 bridgehead atoms. The minimum absolute atomic E-state index is 0.0507. The lowest BCUT2D eigenvalue weighted by molar-refractivity contribution is -0.141. The van der Waals surface area contributed by atoms with Crippen molar-refractivity contribution in [3.8, 4) is 16.9 Å². The van der Waals surface area contributed by atoms with E-state index in [-0.39, 0.29) is 24.7 Å². The molecule has 0 spiro atoms. The van der Waals surface area contributed by atoms with Crippen molar-refractivity contribution >= 4 is 18.0 Å². The van der Waals surface area contributed by atoms with Crippen LogP contribution in [0.1, 0.15) is 65.1 Å². The molecule has 0 aromatic heterocycles. The molecule has 0 radical (unpaired) electrons. The van der Waals surface area contributed by atoms with Crippen LogP contribution in [0.2, 0.25) is 0 Å². The molecule has 1 aliphatic heterocycles. The zero-order valence-electron chi connectivity index (χ0n) is 24.1. The zero-order chi connectivity index (χ0) is 29.5. The van der Waals surface area contributed by atoms with Gasteiger partial charge in [0, 0.05) is 24.4 Å². The number of ether oxygens (including phenoxy) is 2. The van der Waals surface area contributed by atoms with Crippen LogP contribution in [0, 0.1) is 20.8 Å². The molecule has 8 nitrogen and oxygen atoms in total. The van der Waals surface area contributed by atoms with E-state index in [1.807, 2.05) is 69.3 Å². The van der Waals surface area contributed by atoms with E-state index in [1.165, 1.54) is 0 Å². The quantitative estimate of drug-likeness (QED) is 0.346. The molecule has 3 aromatic carbocycles. The Morgan fingerprint density at radius 2 is 1.59 bits per heavy atom. The van der Waals surface area contributed by atoms with Crippen LogP contribution in [0.4, 0.5) is 4.79 Å². The number of hydrogen-bond donors (Lipinski definition) is 3. The van der Waals surface area contributed by atoms with Crippen molar-refractivity contribution in [1.82, 2.24) is 10.6 Å². The number of carboxylic acid groups (broad SMARTS) is 1. The maximum Gasteiger partial charge on any atom is 0.407 e. The van der Waals surface area contributed by atoms with Crippen molar-refractivity contribution in [3.05, 3.63) is 87.5 Å². The summed E-state index contributed by atoms with van der Waals surface area (Å²) in [7, 11) is 0. The van der Waals surface area contributed by atoms with Gasteiger partial charge in [-0.25, -0.2) is 9.59 Å². The molecule has 0 saturated heterocycles. The number of carboxylic acids is 1. The molecule has 214 valence electrons. The summed E-state index contributed by atoms with van der Waals surface area (Å²) in [5.74, 6) is -1.03. The van der Waals surface area contributed by atoms with Crippen molar-refractivity contribution in [2.45, 2.75) is 71.6 Å². The van der Waals surface area contributed by atoms with E-state index in [1.54, 1.807) is 0 Å². The number of amides is 2. The predicted octanol–water partition coefficient (Wildman–Crippen LogP) is 5.32. The molecular formula is C33H36N2O6. The van der Waals surface area contributed by atoms with Gasteiger partial charge < -0.3 is 25.2 Å². The predicted molar refractivity (Wildman–Crippen MR) is 155 cm³/mol. The highest BCUT2D eigenvalue weighted by molar-refractivity contribution is 5.87. The van der Waals surface area contributed by atoms with Gasteiger partial charge in [-0.05, 0) is 79.1 Å². The van der Waals surface area contributed by atoms with E-state index in [2.05, 4.69) is 24.5 Å². The van der Waals surface area contributed by atoms with Crippen molar-refractivity contribution in [3.63, 3.8) is 0 Å². The first-order valence-corrected chi connectivity index (χ1v) is 13.9. The molecule has 5 rings (SSSR count). The van der Waals surface area contributed by atoms with Crippen molar-refractivity contribution in [1.29, 1.82) is 0 Å². The molecule has 2 amide bonds. The molecule has 0 fully saturated rings. The fraction of sp³-hybridized carbons (Fsp3) is 0.364. The molecule has 8 heteroatoms. The number of alkyl carbamates (subject to hydrolysis) is 1. The SMILES string of the molecule is Cc1c(C)c2c(c(C)c1CNC(=O)C[C@H](NC(=O)OCC1c3ccccc3-c3ccccc31)C(=O)O)CC(C)(C)O2. The Morgan fingerprint density at radius 1 is 0.976 bits per heavy atom. The number of rotatable bonds is 8. The van der Waals surface area contributed by atoms with Gasteiger partial charge in [-0.3, -0.25) is 4.79 Å². The standard InChI is InChI=1S/C33H36N2O6/c1-18-19(2)30-25(15-33(4,5)41-30)20(3)26(18)16-34-29(36)14-28(31(37)38)35-32(39)40-17-27-23-12-8-6-10-21(23)22-11-7-9-13-24(22)27/h6-13,27-28H,14-17H2,1-5H3,(H,34,36)(H,35,39)(H,37,38)/t28-/m0/s1. The van der Waals surface area contributed by atoms with Crippen LogP contribution >= 0.6 is 0 Å². The maximum absolute atomic E-state index is 12.8. The summed E-state index contributed by atoms with van der Waals surface area (Å²) < 4.78 is 11.6. The summed E-state index contributed by atoms with van der Waals surface area (Å²) in [6.45, 7) is 10.4. The van der Waals surface area contributed by atoms with E-state index in [0.29, 0.717) is 0 Å². The minimum Gasteiger partial charge on any atom is -0.487 e. The van der Waals surface area contributed by atoms with E-state index in [4.69, 9.17) is 9.47 Å². The highest BCUT2D eigenvalue weighted by Gasteiger charge is 2.34. The van der Waals surface area contributed by atoms with Crippen LogP contribution in [0.15, 0.2) is 48.5 Å². The second kappa shape index (κ2) is 10.9.